The van der Waals surface area contributed by atoms with Crippen LogP contribution in [0, 0.1) is 0 Å². The molecule has 3 rings (SSSR count). The lowest BCUT2D eigenvalue weighted by Crippen LogP contribution is -2.43. The van der Waals surface area contributed by atoms with Gasteiger partial charge in [-0.25, -0.2) is 4.79 Å². The molecule has 1 aromatic rings. The van der Waals surface area contributed by atoms with Crippen LogP contribution in [0.4, 0.5) is 4.79 Å². The van der Waals surface area contributed by atoms with Gasteiger partial charge in [0.25, 0.3) is 0 Å². The minimum absolute atomic E-state index is 0.0305. The number of aliphatic hydroxyl groups is 1. The van der Waals surface area contributed by atoms with Crippen LogP contribution in [0.1, 0.15) is 44.7 Å². The van der Waals surface area contributed by atoms with Crippen LogP contribution in [0.25, 0.3) is 0 Å². The van der Waals surface area contributed by atoms with Crippen molar-refractivity contribution in [3.8, 4) is 0 Å². The SMILES string of the molecule is CC(C)(C)OC(=O)N[C@H]1CC(N2CCc3ccccc3C2)[C@H](O)C1. The molecule has 1 fully saturated rings. The molecule has 5 nitrogen and oxygen atoms in total. The van der Waals surface area contributed by atoms with Gasteiger partial charge in [0.05, 0.1) is 6.10 Å². The zero-order chi connectivity index (χ0) is 17.3. The van der Waals surface area contributed by atoms with Gasteiger partial charge in [0.1, 0.15) is 5.60 Å². The van der Waals surface area contributed by atoms with E-state index in [1.807, 2.05) is 20.8 Å². The average Bonchev–Trinajstić information content (AvgIpc) is 2.85. The van der Waals surface area contributed by atoms with Crippen LogP contribution < -0.4 is 5.32 Å². The highest BCUT2D eigenvalue weighted by Crippen LogP contribution is 2.29. The predicted molar refractivity (Wildman–Crippen MR) is 92.7 cm³/mol. The number of carbonyl (C=O) groups excluding carboxylic acids is 1. The van der Waals surface area contributed by atoms with Crippen molar-refractivity contribution in [2.24, 2.45) is 0 Å². The van der Waals surface area contributed by atoms with Gasteiger partial charge >= 0.3 is 6.09 Å². The number of fused-ring (bicyclic) bond motifs is 1. The third-order valence-corrected chi connectivity index (χ3v) is 4.85. The minimum Gasteiger partial charge on any atom is -0.444 e. The number of amides is 1. The van der Waals surface area contributed by atoms with E-state index in [-0.39, 0.29) is 12.1 Å². The molecule has 2 N–H and O–H groups in total. The molecule has 1 aromatic carbocycles. The normalized spacial score (nSPS) is 27.6. The summed E-state index contributed by atoms with van der Waals surface area (Å²) < 4.78 is 5.32. The third kappa shape index (κ3) is 4.08. The van der Waals surface area contributed by atoms with Crippen molar-refractivity contribution >= 4 is 6.09 Å². The number of ether oxygens (including phenoxy) is 1. The summed E-state index contributed by atoms with van der Waals surface area (Å²) >= 11 is 0. The standard InChI is InChI=1S/C19H28N2O3/c1-19(2,3)24-18(23)20-15-10-16(17(22)11-15)21-9-8-13-6-4-5-7-14(13)12-21/h4-7,15-17,22H,8-12H2,1-3H3,(H,20,23)/t15-,16?,17+/m0/s1. The predicted octanol–water partition coefficient (Wildman–Crippen LogP) is 2.46. The van der Waals surface area contributed by atoms with E-state index in [0.29, 0.717) is 6.42 Å². The molecular formula is C19H28N2O3. The second-order valence-electron chi connectivity index (χ2n) is 7.94. The first kappa shape index (κ1) is 17.2. The zero-order valence-electron chi connectivity index (χ0n) is 14.8. The minimum atomic E-state index is -0.503. The summed E-state index contributed by atoms with van der Waals surface area (Å²) in [7, 11) is 0. The van der Waals surface area contributed by atoms with Crippen LogP contribution in [-0.4, -0.2) is 46.4 Å². The number of rotatable bonds is 2. The smallest absolute Gasteiger partial charge is 0.407 e. The second kappa shape index (κ2) is 6.73. The number of hydrogen-bond donors (Lipinski definition) is 2. The van der Waals surface area contributed by atoms with E-state index >= 15 is 0 Å². The van der Waals surface area contributed by atoms with Gasteiger partial charge in [0, 0.05) is 25.2 Å². The van der Waals surface area contributed by atoms with Gasteiger partial charge in [0.15, 0.2) is 0 Å². The summed E-state index contributed by atoms with van der Waals surface area (Å²) in [4.78, 5) is 14.3. The summed E-state index contributed by atoms with van der Waals surface area (Å²) in [6.45, 7) is 7.38. The summed E-state index contributed by atoms with van der Waals surface area (Å²) in [5.74, 6) is 0. The van der Waals surface area contributed by atoms with Crippen LogP contribution in [0.5, 0.6) is 0 Å². The van der Waals surface area contributed by atoms with Crippen molar-refractivity contribution in [1.82, 2.24) is 10.2 Å². The number of nitrogens with zero attached hydrogens (tertiary/aromatic N) is 1. The van der Waals surface area contributed by atoms with Gasteiger partial charge in [0.2, 0.25) is 0 Å². The molecular weight excluding hydrogens is 304 g/mol. The molecule has 0 saturated heterocycles. The highest BCUT2D eigenvalue weighted by molar-refractivity contribution is 5.68. The molecule has 132 valence electrons. The highest BCUT2D eigenvalue weighted by atomic mass is 16.6. The Labute approximate surface area is 144 Å². The third-order valence-electron chi connectivity index (χ3n) is 4.85. The number of aliphatic hydroxyl groups excluding tert-OH is 1. The first-order valence-corrected chi connectivity index (χ1v) is 8.80. The summed E-state index contributed by atoms with van der Waals surface area (Å²) in [6, 6.07) is 8.57. The van der Waals surface area contributed by atoms with Gasteiger partial charge in [-0.15, -0.1) is 0 Å². The monoisotopic (exact) mass is 332 g/mol. The van der Waals surface area contributed by atoms with E-state index in [9.17, 15) is 9.90 Å². The van der Waals surface area contributed by atoms with Crippen molar-refractivity contribution in [3.05, 3.63) is 35.4 Å². The lowest BCUT2D eigenvalue weighted by Gasteiger charge is -2.35. The fourth-order valence-corrected chi connectivity index (χ4v) is 3.78. The number of nitrogens with one attached hydrogen (secondary N) is 1. The van der Waals surface area contributed by atoms with E-state index in [4.69, 9.17) is 4.74 Å². The Hall–Kier alpha value is -1.59. The Bertz CT molecular complexity index is 597. The Morgan fingerprint density at radius 3 is 2.67 bits per heavy atom. The first-order valence-electron chi connectivity index (χ1n) is 8.80. The summed E-state index contributed by atoms with van der Waals surface area (Å²) in [5.41, 5.74) is 2.25. The maximum absolute atomic E-state index is 11.9. The lowest BCUT2D eigenvalue weighted by atomic mass is 9.98. The van der Waals surface area contributed by atoms with Crippen LogP contribution in [-0.2, 0) is 17.7 Å². The lowest BCUT2D eigenvalue weighted by molar-refractivity contribution is 0.0502. The van der Waals surface area contributed by atoms with Crippen molar-refractivity contribution in [2.45, 2.75) is 70.4 Å². The molecule has 2 aliphatic rings. The largest absolute Gasteiger partial charge is 0.444 e. The number of alkyl carbamates (subject to hydrolysis) is 1. The summed E-state index contributed by atoms with van der Waals surface area (Å²) in [5, 5.41) is 13.4. The molecule has 0 spiro atoms. The van der Waals surface area contributed by atoms with Gasteiger partial charge < -0.3 is 15.2 Å². The zero-order valence-corrected chi connectivity index (χ0v) is 14.8. The van der Waals surface area contributed by atoms with E-state index in [1.54, 1.807) is 0 Å². The van der Waals surface area contributed by atoms with Crippen molar-refractivity contribution in [3.63, 3.8) is 0 Å². The van der Waals surface area contributed by atoms with Crippen LogP contribution in [0.2, 0.25) is 0 Å². The molecule has 1 saturated carbocycles. The fraction of sp³-hybridized carbons (Fsp3) is 0.632. The Balaban J connectivity index is 1.58. The number of carbonyl (C=O) groups is 1. The Morgan fingerprint density at radius 1 is 1.25 bits per heavy atom. The number of benzene rings is 1. The van der Waals surface area contributed by atoms with Gasteiger partial charge in [-0.2, -0.15) is 0 Å². The number of hydrogen-bond acceptors (Lipinski definition) is 4. The maximum atomic E-state index is 11.9. The molecule has 3 atom stereocenters. The first-order chi connectivity index (χ1) is 11.3. The van der Waals surface area contributed by atoms with E-state index < -0.39 is 17.8 Å². The van der Waals surface area contributed by atoms with Crippen LogP contribution in [0.15, 0.2) is 24.3 Å². The van der Waals surface area contributed by atoms with Crippen molar-refractivity contribution in [1.29, 1.82) is 0 Å². The van der Waals surface area contributed by atoms with Crippen molar-refractivity contribution < 1.29 is 14.6 Å². The molecule has 0 radical (unpaired) electrons. The maximum Gasteiger partial charge on any atom is 0.407 e. The van der Waals surface area contributed by atoms with Crippen LogP contribution >= 0.6 is 0 Å². The molecule has 1 aliphatic carbocycles. The quantitative estimate of drug-likeness (QED) is 0.873. The molecule has 0 aromatic heterocycles. The van der Waals surface area contributed by atoms with Crippen molar-refractivity contribution in [2.75, 3.05) is 6.54 Å². The van der Waals surface area contributed by atoms with E-state index in [1.165, 1.54) is 11.1 Å². The fourth-order valence-electron chi connectivity index (χ4n) is 3.78. The molecule has 1 heterocycles. The summed E-state index contributed by atoms with van der Waals surface area (Å²) in [6.07, 6.45) is 1.56. The molecule has 1 unspecified atom stereocenters. The molecule has 0 bridgehead atoms. The molecule has 24 heavy (non-hydrogen) atoms. The van der Waals surface area contributed by atoms with Crippen LogP contribution in [0.3, 0.4) is 0 Å². The molecule has 1 aliphatic heterocycles. The molecule has 1 amide bonds. The van der Waals surface area contributed by atoms with E-state index in [2.05, 4.69) is 34.5 Å². The second-order valence-corrected chi connectivity index (χ2v) is 7.94. The van der Waals surface area contributed by atoms with Gasteiger partial charge in [-0.05, 0) is 51.2 Å². The van der Waals surface area contributed by atoms with Gasteiger partial charge in [-0.1, -0.05) is 24.3 Å². The highest BCUT2D eigenvalue weighted by Gasteiger charge is 2.38. The molecule has 5 heteroatoms. The van der Waals surface area contributed by atoms with Gasteiger partial charge in [-0.3, -0.25) is 4.90 Å². The van der Waals surface area contributed by atoms with E-state index in [0.717, 1.165) is 25.9 Å². The average molecular weight is 332 g/mol. The Kier molecular flexibility index (Phi) is 4.83. The topological polar surface area (TPSA) is 61.8 Å². The Morgan fingerprint density at radius 2 is 1.96 bits per heavy atom.